The zero-order valence-corrected chi connectivity index (χ0v) is 10.2. The quantitative estimate of drug-likeness (QED) is 0.598. The Labute approximate surface area is 98.6 Å². The second-order valence-electron chi connectivity index (χ2n) is 2.81. The standard InChI is InChI=1S/C10H14N2O3S/c1-11-12-16-10(13)8-6-7(14-2)4-5-9(8)15-3/h4-6,11-12H,1-3H3. The van der Waals surface area contributed by atoms with Crippen molar-refractivity contribution in [2.75, 3.05) is 21.3 Å². The Bertz CT molecular complexity index is 371. The van der Waals surface area contributed by atoms with Crippen LogP contribution < -0.4 is 19.7 Å². The summed E-state index contributed by atoms with van der Waals surface area (Å²) in [6, 6.07) is 5.09. The monoisotopic (exact) mass is 242 g/mol. The summed E-state index contributed by atoms with van der Waals surface area (Å²) in [7, 11) is 4.76. The molecule has 0 radical (unpaired) electrons. The van der Waals surface area contributed by atoms with Crippen LogP contribution in [0.15, 0.2) is 18.2 Å². The van der Waals surface area contributed by atoms with Gasteiger partial charge in [0.2, 0.25) is 5.12 Å². The molecule has 1 aromatic rings. The van der Waals surface area contributed by atoms with Gasteiger partial charge in [-0.3, -0.25) is 10.2 Å². The van der Waals surface area contributed by atoms with Gasteiger partial charge in [-0.2, -0.15) is 4.83 Å². The third-order valence-electron chi connectivity index (χ3n) is 1.87. The number of hydrogen-bond donors (Lipinski definition) is 2. The number of nitrogens with one attached hydrogen (secondary N) is 2. The van der Waals surface area contributed by atoms with Crippen LogP contribution in [0.4, 0.5) is 0 Å². The Morgan fingerprint density at radius 1 is 1.31 bits per heavy atom. The van der Waals surface area contributed by atoms with Crippen LogP contribution >= 0.6 is 11.9 Å². The predicted octanol–water partition coefficient (Wildman–Crippen LogP) is 1.22. The Morgan fingerprint density at radius 2 is 2.06 bits per heavy atom. The van der Waals surface area contributed by atoms with Gasteiger partial charge in [0, 0.05) is 11.9 Å². The highest BCUT2D eigenvalue weighted by Gasteiger charge is 2.13. The van der Waals surface area contributed by atoms with Gasteiger partial charge in [0.05, 0.1) is 19.8 Å². The summed E-state index contributed by atoms with van der Waals surface area (Å²) in [5.41, 5.74) is 3.12. The molecule has 0 saturated heterocycles. The molecule has 5 nitrogen and oxygen atoms in total. The molecular formula is C10H14N2O3S. The minimum Gasteiger partial charge on any atom is -0.497 e. The normalized spacial score (nSPS) is 9.94. The van der Waals surface area contributed by atoms with Crippen LogP contribution in [-0.4, -0.2) is 26.4 Å². The van der Waals surface area contributed by atoms with Gasteiger partial charge in [0.25, 0.3) is 0 Å². The van der Waals surface area contributed by atoms with E-state index < -0.39 is 0 Å². The van der Waals surface area contributed by atoms with E-state index in [1.165, 1.54) is 7.11 Å². The Balaban J connectivity index is 2.94. The first-order valence-electron chi connectivity index (χ1n) is 4.58. The predicted molar refractivity (Wildman–Crippen MR) is 63.7 cm³/mol. The molecule has 1 aromatic carbocycles. The molecule has 0 aromatic heterocycles. The maximum Gasteiger partial charge on any atom is 0.239 e. The number of ether oxygens (including phenoxy) is 2. The van der Waals surface area contributed by atoms with Gasteiger partial charge in [-0.05, 0) is 25.2 Å². The minimum atomic E-state index is -0.148. The molecule has 0 amide bonds. The number of rotatable bonds is 5. The molecule has 2 N–H and O–H groups in total. The average Bonchev–Trinajstić information content (AvgIpc) is 2.35. The maximum atomic E-state index is 11.8. The maximum absolute atomic E-state index is 11.8. The number of carbonyl (C=O) groups excluding carboxylic acids is 1. The van der Waals surface area contributed by atoms with E-state index in [-0.39, 0.29) is 5.12 Å². The van der Waals surface area contributed by atoms with Gasteiger partial charge in [0.15, 0.2) is 0 Å². The molecule has 0 heterocycles. The zero-order chi connectivity index (χ0) is 12.0. The summed E-state index contributed by atoms with van der Waals surface area (Å²) in [6.45, 7) is 0. The van der Waals surface area contributed by atoms with Crippen LogP contribution in [0, 0.1) is 0 Å². The fourth-order valence-electron chi connectivity index (χ4n) is 1.13. The minimum absolute atomic E-state index is 0.148. The zero-order valence-electron chi connectivity index (χ0n) is 9.37. The highest BCUT2D eigenvalue weighted by Crippen LogP contribution is 2.26. The first kappa shape index (κ1) is 12.8. The van der Waals surface area contributed by atoms with Crippen LogP contribution in [0.3, 0.4) is 0 Å². The first-order valence-corrected chi connectivity index (χ1v) is 5.39. The molecular weight excluding hydrogens is 228 g/mol. The molecule has 0 aliphatic carbocycles. The number of carbonyl (C=O) groups is 1. The van der Waals surface area contributed by atoms with Crippen LogP contribution in [-0.2, 0) is 0 Å². The van der Waals surface area contributed by atoms with Crippen molar-refractivity contribution in [1.29, 1.82) is 0 Å². The number of benzene rings is 1. The van der Waals surface area contributed by atoms with E-state index in [2.05, 4.69) is 10.3 Å². The third-order valence-corrected chi connectivity index (χ3v) is 2.58. The van der Waals surface area contributed by atoms with Crippen molar-refractivity contribution in [2.45, 2.75) is 0 Å². The molecule has 0 fully saturated rings. The van der Waals surface area contributed by atoms with Crippen molar-refractivity contribution >= 4 is 17.1 Å². The van der Waals surface area contributed by atoms with Gasteiger partial charge in [-0.1, -0.05) is 0 Å². The second-order valence-corrected chi connectivity index (χ2v) is 3.59. The molecule has 6 heteroatoms. The van der Waals surface area contributed by atoms with Gasteiger partial charge in [-0.25, -0.2) is 0 Å². The van der Waals surface area contributed by atoms with E-state index in [1.807, 2.05) is 0 Å². The molecule has 88 valence electrons. The lowest BCUT2D eigenvalue weighted by Crippen LogP contribution is -2.21. The van der Waals surface area contributed by atoms with E-state index in [4.69, 9.17) is 9.47 Å². The summed E-state index contributed by atoms with van der Waals surface area (Å²) in [5.74, 6) is 1.14. The van der Waals surface area contributed by atoms with Crippen molar-refractivity contribution in [3.63, 3.8) is 0 Å². The lowest BCUT2D eigenvalue weighted by Gasteiger charge is -2.09. The Hall–Kier alpha value is -1.24. The van der Waals surface area contributed by atoms with Gasteiger partial charge in [0.1, 0.15) is 11.5 Å². The summed E-state index contributed by atoms with van der Waals surface area (Å²) < 4.78 is 10.2. The topological polar surface area (TPSA) is 59.6 Å². The van der Waals surface area contributed by atoms with Gasteiger partial charge in [-0.15, -0.1) is 0 Å². The average molecular weight is 242 g/mol. The fourth-order valence-corrected chi connectivity index (χ4v) is 1.59. The van der Waals surface area contributed by atoms with E-state index in [9.17, 15) is 4.79 Å². The third kappa shape index (κ3) is 3.13. The Morgan fingerprint density at radius 3 is 2.62 bits per heavy atom. The molecule has 0 unspecified atom stereocenters. The fraction of sp³-hybridized carbons (Fsp3) is 0.300. The van der Waals surface area contributed by atoms with Crippen molar-refractivity contribution in [2.24, 2.45) is 0 Å². The highest BCUT2D eigenvalue weighted by molar-refractivity contribution is 8.12. The molecule has 0 spiro atoms. The van der Waals surface area contributed by atoms with Gasteiger partial charge >= 0.3 is 0 Å². The summed E-state index contributed by atoms with van der Waals surface area (Å²) in [6.07, 6.45) is 0. The molecule has 0 atom stereocenters. The molecule has 0 saturated carbocycles. The van der Waals surface area contributed by atoms with Crippen LogP contribution in [0.5, 0.6) is 11.5 Å². The highest BCUT2D eigenvalue weighted by atomic mass is 32.2. The van der Waals surface area contributed by atoms with Crippen molar-refractivity contribution < 1.29 is 14.3 Å². The summed E-state index contributed by atoms with van der Waals surface area (Å²) in [4.78, 5) is 14.4. The van der Waals surface area contributed by atoms with Crippen LogP contribution in [0.2, 0.25) is 0 Å². The number of hydrogen-bond acceptors (Lipinski definition) is 6. The summed E-state index contributed by atoms with van der Waals surface area (Å²) >= 11 is 0.943. The van der Waals surface area contributed by atoms with Gasteiger partial charge < -0.3 is 9.47 Å². The SMILES string of the molecule is CNNSC(=O)c1cc(OC)ccc1OC. The largest absolute Gasteiger partial charge is 0.497 e. The first-order chi connectivity index (χ1) is 7.72. The second kappa shape index (κ2) is 6.37. The number of methoxy groups -OCH3 is 2. The Kier molecular flexibility index (Phi) is 5.10. The molecule has 0 aliphatic heterocycles. The van der Waals surface area contributed by atoms with Crippen molar-refractivity contribution in [1.82, 2.24) is 10.3 Å². The van der Waals surface area contributed by atoms with Crippen LogP contribution in [0.1, 0.15) is 10.4 Å². The summed E-state index contributed by atoms with van der Waals surface area (Å²) in [5, 5.41) is -0.148. The smallest absolute Gasteiger partial charge is 0.239 e. The lowest BCUT2D eigenvalue weighted by atomic mass is 10.2. The van der Waals surface area contributed by atoms with Crippen molar-refractivity contribution in [3.05, 3.63) is 23.8 Å². The van der Waals surface area contributed by atoms with E-state index >= 15 is 0 Å². The molecule has 0 aliphatic rings. The van der Waals surface area contributed by atoms with E-state index in [0.717, 1.165) is 11.9 Å². The molecule has 1 rings (SSSR count). The molecule has 0 bridgehead atoms. The van der Waals surface area contributed by atoms with Crippen molar-refractivity contribution in [3.8, 4) is 11.5 Å². The lowest BCUT2D eigenvalue weighted by molar-refractivity contribution is 0.108. The number of hydrazine groups is 1. The van der Waals surface area contributed by atoms with E-state index in [1.54, 1.807) is 32.4 Å². The van der Waals surface area contributed by atoms with Crippen LogP contribution in [0.25, 0.3) is 0 Å². The van der Waals surface area contributed by atoms with E-state index in [0.29, 0.717) is 17.1 Å². The molecule has 16 heavy (non-hydrogen) atoms.